The molecule has 7 N–H and O–H groups in total. The second-order valence-electron chi connectivity index (χ2n) is 7.93. The molecule has 0 saturated heterocycles. The van der Waals surface area contributed by atoms with Gasteiger partial charge in [0.05, 0.1) is 5.02 Å². The minimum absolute atomic E-state index is 0.0473. The van der Waals surface area contributed by atoms with E-state index in [2.05, 4.69) is 15.6 Å². The molecule has 0 bridgehead atoms. The molecule has 8 nitrogen and oxygen atoms in total. The van der Waals surface area contributed by atoms with E-state index in [4.69, 9.17) is 39.4 Å². The first kappa shape index (κ1) is 25.3. The van der Waals surface area contributed by atoms with E-state index in [1.807, 2.05) is 0 Å². The number of nitrogen functional groups attached to an aromatic ring is 1. The first-order chi connectivity index (χ1) is 17.2. The number of amides is 2. The number of aromatic nitrogens is 1. The van der Waals surface area contributed by atoms with Crippen molar-refractivity contribution in [2.45, 2.75) is 13.0 Å². The molecule has 186 valence electrons. The van der Waals surface area contributed by atoms with Crippen molar-refractivity contribution in [3.8, 4) is 11.5 Å². The van der Waals surface area contributed by atoms with Crippen molar-refractivity contribution in [3.05, 3.63) is 81.7 Å². The summed E-state index contributed by atoms with van der Waals surface area (Å²) in [5, 5.41) is 6.52. The van der Waals surface area contributed by atoms with E-state index in [0.29, 0.717) is 21.9 Å². The van der Waals surface area contributed by atoms with Crippen LogP contribution in [-0.2, 0) is 11.3 Å². The van der Waals surface area contributed by atoms with E-state index < -0.39 is 11.7 Å². The fourth-order valence-electron chi connectivity index (χ4n) is 3.52. The van der Waals surface area contributed by atoms with Crippen LogP contribution in [0.3, 0.4) is 0 Å². The SMILES string of the molecule is NCCC(=O)Nc1ccc2[nH]c(C(=O)NCc3ccc(Cl)c(Oc4cc(N)cc(Cl)c4)c3F)cc2c1. The van der Waals surface area contributed by atoms with Crippen LogP contribution >= 0.6 is 23.2 Å². The molecule has 36 heavy (non-hydrogen) atoms. The van der Waals surface area contributed by atoms with E-state index in [-0.39, 0.29) is 53.2 Å². The summed E-state index contributed by atoms with van der Waals surface area (Å²) in [5.41, 5.74) is 13.2. The lowest BCUT2D eigenvalue weighted by Crippen LogP contribution is -2.23. The number of hydrogen-bond acceptors (Lipinski definition) is 5. The summed E-state index contributed by atoms with van der Waals surface area (Å²) in [6, 6.07) is 14.3. The molecule has 0 saturated carbocycles. The maximum Gasteiger partial charge on any atom is 0.267 e. The number of anilines is 2. The molecule has 4 aromatic rings. The summed E-state index contributed by atoms with van der Waals surface area (Å²) in [6.45, 7) is 0.130. The monoisotopic (exact) mass is 529 g/mol. The second kappa shape index (κ2) is 10.9. The molecule has 1 aromatic heterocycles. The predicted octanol–water partition coefficient (Wildman–Crippen LogP) is 5.21. The molecule has 1 heterocycles. The van der Waals surface area contributed by atoms with Gasteiger partial charge in [-0.3, -0.25) is 9.59 Å². The molecular formula is C25H22Cl2FN5O3. The molecule has 4 rings (SSSR count). The molecule has 0 aliphatic carbocycles. The van der Waals surface area contributed by atoms with Crippen LogP contribution in [0, 0.1) is 5.82 Å². The third kappa shape index (κ3) is 5.88. The second-order valence-corrected chi connectivity index (χ2v) is 8.77. The Balaban J connectivity index is 1.47. The van der Waals surface area contributed by atoms with Crippen LogP contribution in [0.15, 0.2) is 54.6 Å². The number of aromatic amines is 1. The average Bonchev–Trinajstić information content (AvgIpc) is 3.24. The molecule has 0 atom stereocenters. The van der Waals surface area contributed by atoms with Crippen LogP contribution in [0.2, 0.25) is 10.0 Å². The van der Waals surface area contributed by atoms with Crippen LogP contribution in [0.25, 0.3) is 10.9 Å². The number of rotatable bonds is 8. The number of carbonyl (C=O) groups excluding carboxylic acids is 2. The van der Waals surface area contributed by atoms with Crippen LogP contribution in [0.4, 0.5) is 15.8 Å². The van der Waals surface area contributed by atoms with Gasteiger partial charge in [-0.25, -0.2) is 4.39 Å². The minimum Gasteiger partial charge on any atom is -0.453 e. The molecule has 0 unspecified atom stereocenters. The molecule has 0 spiro atoms. The Morgan fingerprint density at radius 2 is 1.86 bits per heavy atom. The largest absolute Gasteiger partial charge is 0.453 e. The van der Waals surface area contributed by atoms with Crippen molar-refractivity contribution in [1.29, 1.82) is 0 Å². The first-order valence-electron chi connectivity index (χ1n) is 10.8. The number of ether oxygens (including phenoxy) is 1. The van der Waals surface area contributed by atoms with Crippen molar-refractivity contribution in [2.75, 3.05) is 17.6 Å². The fraction of sp³-hybridized carbons (Fsp3) is 0.120. The summed E-state index contributed by atoms with van der Waals surface area (Å²) in [6.07, 6.45) is 0.208. The number of carbonyl (C=O) groups is 2. The lowest BCUT2D eigenvalue weighted by Gasteiger charge is -2.13. The summed E-state index contributed by atoms with van der Waals surface area (Å²) in [5.74, 6) is -1.36. The van der Waals surface area contributed by atoms with Crippen molar-refractivity contribution in [1.82, 2.24) is 10.3 Å². The maximum absolute atomic E-state index is 15.2. The number of nitrogens with two attached hydrogens (primary N) is 2. The molecular weight excluding hydrogens is 508 g/mol. The zero-order valence-electron chi connectivity index (χ0n) is 18.8. The molecule has 3 aromatic carbocycles. The first-order valence-corrected chi connectivity index (χ1v) is 11.6. The average molecular weight is 530 g/mol. The fourth-order valence-corrected chi connectivity index (χ4v) is 3.94. The van der Waals surface area contributed by atoms with Gasteiger partial charge < -0.3 is 31.8 Å². The Bertz CT molecular complexity index is 1440. The van der Waals surface area contributed by atoms with E-state index >= 15 is 4.39 Å². The van der Waals surface area contributed by atoms with Crippen LogP contribution in [0.5, 0.6) is 11.5 Å². The van der Waals surface area contributed by atoms with Gasteiger partial charge in [0.25, 0.3) is 5.91 Å². The summed E-state index contributed by atoms with van der Waals surface area (Å²) >= 11 is 12.1. The highest BCUT2D eigenvalue weighted by Crippen LogP contribution is 2.35. The van der Waals surface area contributed by atoms with Gasteiger partial charge in [-0.05, 0) is 42.5 Å². The van der Waals surface area contributed by atoms with Gasteiger partial charge in [0.1, 0.15) is 11.4 Å². The molecule has 0 radical (unpaired) electrons. The van der Waals surface area contributed by atoms with Crippen molar-refractivity contribution in [3.63, 3.8) is 0 Å². The quantitative estimate of drug-likeness (QED) is 0.200. The number of fused-ring (bicyclic) bond motifs is 1. The summed E-state index contributed by atoms with van der Waals surface area (Å²) in [4.78, 5) is 27.5. The Morgan fingerprint density at radius 1 is 1.06 bits per heavy atom. The zero-order chi connectivity index (χ0) is 25.8. The van der Waals surface area contributed by atoms with Gasteiger partial charge in [-0.15, -0.1) is 0 Å². The summed E-state index contributed by atoms with van der Waals surface area (Å²) < 4.78 is 20.8. The van der Waals surface area contributed by atoms with Gasteiger partial charge >= 0.3 is 0 Å². The van der Waals surface area contributed by atoms with Gasteiger partial charge in [0, 0.05) is 58.4 Å². The smallest absolute Gasteiger partial charge is 0.267 e. The molecule has 0 aliphatic rings. The molecule has 11 heteroatoms. The number of halogens is 3. The standard InChI is InChI=1S/C25H22Cl2FN5O3/c26-15-9-16(30)11-18(10-15)36-24-19(27)3-1-13(23(24)28)12-31-25(35)21-8-14-7-17(2-4-20(14)33-21)32-22(34)5-6-29/h1-4,7-11,33H,5-6,12,29-30H2,(H,31,35)(H,32,34). The van der Waals surface area contributed by atoms with Crippen molar-refractivity contribution < 1.29 is 18.7 Å². The van der Waals surface area contributed by atoms with E-state index in [1.54, 1.807) is 24.3 Å². The minimum atomic E-state index is -0.726. The Labute approximate surface area is 215 Å². The number of hydrogen-bond donors (Lipinski definition) is 5. The number of benzene rings is 3. The van der Waals surface area contributed by atoms with Gasteiger partial charge in [0.2, 0.25) is 5.91 Å². The normalized spacial score (nSPS) is 10.9. The van der Waals surface area contributed by atoms with Gasteiger partial charge in [-0.2, -0.15) is 0 Å². The predicted molar refractivity (Wildman–Crippen MR) is 139 cm³/mol. The highest BCUT2D eigenvalue weighted by molar-refractivity contribution is 6.32. The highest BCUT2D eigenvalue weighted by atomic mass is 35.5. The third-order valence-corrected chi connectivity index (χ3v) is 5.72. The van der Waals surface area contributed by atoms with E-state index in [9.17, 15) is 9.59 Å². The molecule has 2 amide bonds. The van der Waals surface area contributed by atoms with E-state index in [1.165, 1.54) is 30.3 Å². The Hall–Kier alpha value is -3.79. The van der Waals surface area contributed by atoms with Crippen LogP contribution in [0.1, 0.15) is 22.5 Å². The number of nitrogens with one attached hydrogen (secondary N) is 3. The third-order valence-electron chi connectivity index (χ3n) is 5.20. The van der Waals surface area contributed by atoms with Crippen LogP contribution in [-0.4, -0.2) is 23.3 Å². The highest BCUT2D eigenvalue weighted by Gasteiger charge is 2.17. The lowest BCUT2D eigenvalue weighted by atomic mass is 10.2. The topological polar surface area (TPSA) is 135 Å². The zero-order valence-corrected chi connectivity index (χ0v) is 20.3. The Morgan fingerprint density at radius 3 is 2.61 bits per heavy atom. The number of H-pyrrole nitrogens is 1. The van der Waals surface area contributed by atoms with Gasteiger partial charge in [-0.1, -0.05) is 29.3 Å². The lowest BCUT2D eigenvalue weighted by molar-refractivity contribution is -0.116. The van der Waals surface area contributed by atoms with Gasteiger partial charge in [0.15, 0.2) is 11.6 Å². The molecule has 0 aliphatic heterocycles. The van der Waals surface area contributed by atoms with E-state index in [0.717, 1.165) is 5.39 Å². The van der Waals surface area contributed by atoms with Crippen molar-refractivity contribution >= 4 is 57.3 Å². The van der Waals surface area contributed by atoms with Crippen molar-refractivity contribution in [2.24, 2.45) is 5.73 Å². The Kier molecular flexibility index (Phi) is 7.64. The summed E-state index contributed by atoms with van der Waals surface area (Å²) in [7, 11) is 0. The maximum atomic E-state index is 15.2. The molecule has 0 fully saturated rings. The van der Waals surface area contributed by atoms with Crippen LogP contribution < -0.4 is 26.8 Å².